The van der Waals surface area contributed by atoms with Gasteiger partial charge >= 0.3 is 0 Å². The van der Waals surface area contributed by atoms with Crippen LogP contribution in [-0.4, -0.2) is 26.8 Å². The van der Waals surface area contributed by atoms with E-state index in [4.69, 9.17) is 10.1 Å². The van der Waals surface area contributed by atoms with Gasteiger partial charge in [0.2, 0.25) is 0 Å². The van der Waals surface area contributed by atoms with E-state index in [1.807, 2.05) is 17.5 Å². The minimum Gasteiger partial charge on any atom is -0.396 e. The summed E-state index contributed by atoms with van der Waals surface area (Å²) in [5, 5.41) is 12.3. The molecule has 0 saturated heterocycles. The molecule has 26 heavy (non-hydrogen) atoms. The minimum atomic E-state index is 0.129. The van der Waals surface area contributed by atoms with Crippen molar-refractivity contribution in [3.05, 3.63) is 63.6 Å². The zero-order chi connectivity index (χ0) is 18.1. The third kappa shape index (κ3) is 3.45. The van der Waals surface area contributed by atoms with E-state index in [9.17, 15) is 4.79 Å². The van der Waals surface area contributed by atoms with E-state index in [0.29, 0.717) is 12.8 Å². The Labute approximate surface area is 160 Å². The lowest BCUT2D eigenvalue weighted by Gasteiger charge is -2.10. The maximum Gasteiger partial charge on any atom is 0.198 e. The molecule has 1 N–H and O–H groups in total. The number of hydrogen-bond acceptors (Lipinski definition) is 6. The fourth-order valence-corrected chi connectivity index (χ4v) is 4.83. The number of carbonyl (C=O) groups is 1. The van der Waals surface area contributed by atoms with Crippen LogP contribution in [-0.2, 0) is 17.6 Å². The number of carbonyl (C=O) groups excluding carboxylic acids is 1. The van der Waals surface area contributed by atoms with Gasteiger partial charge in [-0.05, 0) is 35.2 Å². The molecular weight excluding hydrogens is 364 g/mol. The third-order valence-electron chi connectivity index (χ3n) is 4.53. The smallest absolute Gasteiger partial charge is 0.198 e. The van der Waals surface area contributed by atoms with Crippen LogP contribution in [0.5, 0.6) is 0 Å². The summed E-state index contributed by atoms with van der Waals surface area (Å²) < 4.78 is 0. The van der Waals surface area contributed by atoms with Gasteiger partial charge in [-0.1, -0.05) is 36.9 Å². The number of aliphatic hydroxyl groups is 1. The molecule has 4 rings (SSSR count). The summed E-state index contributed by atoms with van der Waals surface area (Å²) in [5.74, 6) is 0.170. The highest BCUT2D eigenvalue weighted by molar-refractivity contribution is 8.14. The molecule has 0 bridgehead atoms. The second-order valence-electron chi connectivity index (χ2n) is 6.34. The van der Waals surface area contributed by atoms with Crippen molar-refractivity contribution in [3.8, 4) is 11.4 Å². The van der Waals surface area contributed by atoms with Crippen molar-refractivity contribution in [2.45, 2.75) is 30.6 Å². The number of pyridine rings is 1. The highest BCUT2D eigenvalue weighted by Crippen LogP contribution is 2.37. The lowest BCUT2D eigenvalue weighted by molar-refractivity contribution is -0.110. The van der Waals surface area contributed by atoms with E-state index in [0.717, 1.165) is 32.4 Å². The number of rotatable bonds is 5. The van der Waals surface area contributed by atoms with Gasteiger partial charge in [-0.3, -0.25) is 9.78 Å². The van der Waals surface area contributed by atoms with Crippen LogP contribution >= 0.6 is 23.1 Å². The van der Waals surface area contributed by atoms with Gasteiger partial charge in [0.1, 0.15) is 5.01 Å². The van der Waals surface area contributed by atoms with Gasteiger partial charge in [-0.2, -0.15) is 0 Å². The van der Waals surface area contributed by atoms with Gasteiger partial charge in [0.05, 0.1) is 11.4 Å². The van der Waals surface area contributed by atoms with Crippen LogP contribution < -0.4 is 0 Å². The van der Waals surface area contributed by atoms with Gasteiger partial charge in [0, 0.05) is 35.4 Å². The van der Waals surface area contributed by atoms with E-state index >= 15 is 0 Å². The molecule has 0 spiro atoms. The van der Waals surface area contributed by atoms with E-state index in [1.54, 1.807) is 17.5 Å². The summed E-state index contributed by atoms with van der Waals surface area (Å²) in [6.45, 7) is 2.27. The fourth-order valence-electron chi connectivity index (χ4n) is 3.00. The Balaban J connectivity index is 1.56. The molecule has 0 fully saturated rings. The predicted octanol–water partition coefficient (Wildman–Crippen LogP) is 4.07. The molecule has 1 aliphatic rings. The predicted molar refractivity (Wildman–Crippen MR) is 105 cm³/mol. The Bertz CT molecular complexity index is 951. The second kappa shape index (κ2) is 7.31. The van der Waals surface area contributed by atoms with Crippen molar-refractivity contribution in [1.29, 1.82) is 0 Å². The lowest BCUT2D eigenvalue weighted by Crippen LogP contribution is -1.97. The zero-order valence-corrected chi connectivity index (χ0v) is 15.9. The van der Waals surface area contributed by atoms with E-state index < -0.39 is 0 Å². The second-order valence-corrected chi connectivity index (χ2v) is 8.32. The molecule has 0 radical (unpaired) electrons. The van der Waals surface area contributed by atoms with E-state index in [-0.39, 0.29) is 17.6 Å². The van der Waals surface area contributed by atoms with Crippen LogP contribution in [0.4, 0.5) is 0 Å². The Hall–Kier alpha value is -2.02. The van der Waals surface area contributed by atoms with Crippen LogP contribution in [0.3, 0.4) is 0 Å². The average Bonchev–Trinajstić information content (AvgIpc) is 3.27. The summed E-state index contributed by atoms with van der Waals surface area (Å²) in [5.41, 5.74) is 5.04. The molecule has 132 valence electrons. The topological polar surface area (TPSA) is 63.1 Å². The molecule has 0 amide bonds. The highest BCUT2D eigenvalue weighted by atomic mass is 32.2. The van der Waals surface area contributed by atoms with Gasteiger partial charge in [-0.25, -0.2) is 4.98 Å². The van der Waals surface area contributed by atoms with Crippen molar-refractivity contribution in [3.63, 3.8) is 0 Å². The standard InChI is InChI=1S/C20H18N2O2S2/c1-12(14-3-4-15-9-19(24)26-18(15)8-14)20-22-17(11-25-20)16-5-2-13(6-7-23)10-21-16/h2-5,8,10-12,23H,6-7,9H2,1H3. The highest BCUT2D eigenvalue weighted by Gasteiger charge is 2.22. The van der Waals surface area contributed by atoms with Crippen LogP contribution in [0.1, 0.15) is 34.5 Å². The first-order valence-electron chi connectivity index (χ1n) is 8.49. The number of fused-ring (bicyclic) bond motifs is 1. The van der Waals surface area contributed by atoms with Gasteiger partial charge in [0.25, 0.3) is 0 Å². The molecule has 1 aliphatic heterocycles. The van der Waals surface area contributed by atoms with Gasteiger partial charge < -0.3 is 5.11 Å². The Kier molecular flexibility index (Phi) is 4.89. The lowest BCUT2D eigenvalue weighted by atomic mass is 10.00. The first-order valence-corrected chi connectivity index (χ1v) is 10.2. The molecule has 2 aromatic heterocycles. The van der Waals surface area contributed by atoms with Crippen molar-refractivity contribution in [2.75, 3.05) is 6.61 Å². The largest absolute Gasteiger partial charge is 0.396 e. The van der Waals surface area contributed by atoms with Crippen molar-refractivity contribution in [1.82, 2.24) is 9.97 Å². The van der Waals surface area contributed by atoms with Crippen LogP contribution in [0, 0.1) is 0 Å². The molecule has 3 heterocycles. The molecule has 0 aliphatic carbocycles. The number of benzene rings is 1. The average molecular weight is 383 g/mol. The Morgan fingerprint density at radius 1 is 1.23 bits per heavy atom. The maximum atomic E-state index is 11.6. The van der Waals surface area contributed by atoms with Crippen LogP contribution in [0.25, 0.3) is 11.4 Å². The van der Waals surface area contributed by atoms with Gasteiger partial charge in [0.15, 0.2) is 5.12 Å². The van der Waals surface area contributed by atoms with Crippen molar-refractivity contribution in [2.24, 2.45) is 0 Å². The summed E-state index contributed by atoms with van der Waals surface area (Å²) >= 11 is 2.97. The number of aromatic nitrogens is 2. The van der Waals surface area contributed by atoms with Gasteiger partial charge in [-0.15, -0.1) is 11.3 Å². The number of thioether (sulfide) groups is 1. The van der Waals surface area contributed by atoms with Crippen molar-refractivity contribution >= 4 is 28.2 Å². The summed E-state index contributed by atoms with van der Waals surface area (Å²) in [4.78, 5) is 21.9. The molecule has 1 atom stereocenters. The number of thiazole rings is 1. The Morgan fingerprint density at radius 2 is 2.12 bits per heavy atom. The molecule has 4 nitrogen and oxygen atoms in total. The number of aliphatic hydroxyl groups excluding tert-OH is 1. The number of nitrogens with zero attached hydrogens (tertiary/aromatic N) is 2. The quantitative estimate of drug-likeness (QED) is 0.721. The van der Waals surface area contributed by atoms with E-state index in [2.05, 4.69) is 30.1 Å². The number of hydrogen-bond donors (Lipinski definition) is 1. The fraction of sp³-hybridized carbons (Fsp3) is 0.250. The molecule has 1 aromatic carbocycles. The first-order chi connectivity index (χ1) is 12.6. The monoisotopic (exact) mass is 382 g/mol. The van der Waals surface area contributed by atoms with E-state index in [1.165, 1.54) is 17.3 Å². The molecule has 1 unspecified atom stereocenters. The first kappa shape index (κ1) is 17.4. The summed E-state index contributed by atoms with van der Waals surface area (Å²) in [6, 6.07) is 10.2. The van der Waals surface area contributed by atoms with Crippen LogP contribution in [0.2, 0.25) is 0 Å². The maximum absolute atomic E-state index is 11.6. The van der Waals surface area contributed by atoms with Crippen molar-refractivity contribution < 1.29 is 9.90 Å². The summed E-state index contributed by atoms with van der Waals surface area (Å²) in [7, 11) is 0. The SMILES string of the molecule is CC(c1ccc2c(c1)SC(=O)C2)c1nc(-c2ccc(CCO)cn2)cs1. The Morgan fingerprint density at radius 3 is 2.88 bits per heavy atom. The molecule has 6 heteroatoms. The van der Waals surface area contributed by atoms with Crippen LogP contribution in [0.15, 0.2) is 46.8 Å². The normalized spacial score (nSPS) is 14.5. The molecular formula is C20H18N2O2S2. The minimum absolute atomic E-state index is 0.129. The zero-order valence-electron chi connectivity index (χ0n) is 14.3. The summed E-state index contributed by atoms with van der Waals surface area (Å²) in [6.07, 6.45) is 2.95. The molecule has 3 aromatic rings. The molecule has 0 saturated carbocycles. The third-order valence-corrected chi connectivity index (χ3v) is 6.53.